The highest BCUT2D eigenvalue weighted by atomic mass is 31.2. The van der Waals surface area contributed by atoms with Crippen molar-refractivity contribution in [3.63, 3.8) is 0 Å². The van der Waals surface area contributed by atoms with Crippen molar-refractivity contribution < 1.29 is 52.3 Å². The summed E-state index contributed by atoms with van der Waals surface area (Å²) in [7, 11) is 1.03. The van der Waals surface area contributed by atoms with Crippen LogP contribution in [-0.4, -0.2) is 92.5 Å². The highest BCUT2D eigenvalue weighted by Gasteiger charge is 2.22. The molecule has 58 heavy (non-hydrogen) atoms. The second-order valence-corrected chi connectivity index (χ2v) is 17.5. The largest absolute Gasteiger partial charge is 0.756 e. The zero-order chi connectivity index (χ0) is 43.2. The van der Waals surface area contributed by atoms with Crippen LogP contribution in [0.25, 0.3) is 0 Å². The van der Waals surface area contributed by atoms with Crippen LogP contribution in [0.4, 0.5) is 0 Å². The molecule has 0 fully saturated rings. The van der Waals surface area contributed by atoms with Gasteiger partial charge < -0.3 is 38.1 Å². The standard InChI is InChI=1S/C46H82NO10P/c1-6-8-10-11-12-13-14-15-16-17-18-19-23-26-30-36-46(51)57-44(41-56-58(52,53)55-39-38-47(3,4)5)40-54-45(50)37-31-35-43(49)34-29-25-22-20-21-24-28-33-42(48)32-27-9-7-2/h13-14,21-22,24-25,28-29,33-34,42-44,48-49H,6-12,15-20,23,26-27,30-32,35-41H2,1-5H3/b14-13-,24-21-,25-22-,33-28+,34-29+/t42-,43-,44+/m0/s1. The van der Waals surface area contributed by atoms with Gasteiger partial charge in [0.15, 0.2) is 6.10 Å². The van der Waals surface area contributed by atoms with Crippen molar-refractivity contribution >= 4 is 19.8 Å². The summed E-state index contributed by atoms with van der Waals surface area (Å²) in [6, 6.07) is 0. The average molecular weight is 840 g/mol. The summed E-state index contributed by atoms with van der Waals surface area (Å²) in [5.41, 5.74) is 0. The number of phosphoric ester groups is 1. The van der Waals surface area contributed by atoms with Crippen LogP contribution in [0.3, 0.4) is 0 Å². The lowest BCUT2D eigenvalue weighted by Gasteiger charge is -2.28. The fraction of sp³-hybridized carbons (Fsp3) is 0.739. The molecule has 0 rings (SSSR count). The van der Waals surface area contributed by atoms with E-state index in [2.05, 4.69) is 26.0 Å². The van der Waals surface area contributed by atoms with E-state index in [1.165, 1.54) is 51.4 Å². The van der Waals surface area contributed by atoms with Crippen LogP contribution >= 0.6 is 7.82 Å². The number of nitrogens with zero attached hydrogens (tertiary/aromatic N) is 1. The van der Waals surface area contributed by atoms with Gasteiger partial charge in [0.2, 0.25) is 0 Å². The van der Waals surface area contributed by atoms with Gasteiger partial charge in [-0.2, -0.15) is 0 Å². The Bertz CT molecular complexity index is 1210. The van der Waals surface area contributed by atoms with Crippen molar-refractivity contribution in [2.24, 2.45) is 0 Å². The zero-order valence-electron chi connectivity index (χ0n) is 36.9. The van der Waals surface area contributed by atoms with E-state index in [1.54, 1.807) is 18.2 Å². The number of allylic oxidation sites excluding steroid dienone is 8. The molecule has 0 aromatic heterocycles. The first-order chi connectivity index (χ1) is 27.8. The van der Waals surface area contributed by atoms with Crippen LogP contribution in [0.1, 0.15) is 155 Å². The van der Waals surface area contributed by atoms with E-state index in [9.17, 15) is 29.3 Å². The molecule has 0 amide bonds. The number of rotatable bonds is 39. The lowest BCUT2D eigenvalue weighted by Crippen LogP contribution is -2.37. The van der Waals surface area contributed by atoms with Gasteiger partial charge in [0.05, 0.1) is 40.0 Å². The number of likely N-dealkylation sites (N-methyl/N-ethyl adjacent to an activating group) is 1. The van der Waals surface area contributed by atoms with Crippen LogP contribution in [0.15, 0.2) is 60.8 Å². The quantitative estimate of drug-likeness (QED) is 0.0153. The first-order valence-corrected chi connectivity index (χ1v) is 23.7. The minimum absolute atomic E-state index is 0.0257. The fourth-order valence-electron chi connectivity index (χ4n) is 5.63. The van der Waals surface area contributed by atoms with E-state index in [0.717, 1.165) is 51.4 Å². The Morgan fingerprint density at radius 3 is 1.74 bits per heavy atom. The topological polar surface area (TPSA) is 152 Å². The molecule has 0 aromatic rings. The predicted molar refractivity (Wildman–Crippen MR) is 234 cm³/mol. The maximum absolute atomic E-state index is 12.7. The van der Waals surface area contributed by atoms with E-state index >= 15 is 0 Å². The first-order valence-electron chi connectivity index (χ1n) is 22.2. The third-order valence-electron chi connectivity index (χ3n) is 9.22. The Labute approximate surface area is 352 Å². The molecule has 4 atom stereocenters. The molecule has 0 radical (unpaired) electrons. The summed E-state index contributed by atoms with van der Waals surface area (Å²) in [6.07, 6.45) is 37.4. The smallest absolute Gasteiger partial charge is 0.306 e. The molecule has 11 nitrogen and oxygen atoms in total. The molecule has 1 unspecified atom stereocenters. The maximum atomic E-state index is 12.7. The Hall–Kier alpha value is -2.37. The molecule has 0 saturated heterocycles. The Kier molecular flexibility index (Phi) is 36.1. The summed E-state index contributed by atoms with van der Waals surface area (Å²) in [5, 5.41) is 20.2. The number of aliphatic hydroxyl groups excluding tert-OH is 2. The van der Waals surface area contributed by atoms with Crippen molar-refractivity contribution in [3.8, 4) is 0 Å². The fourth-order valence-corrected chi connectivity index (χ4v) is 6.36. The third kappa shape index (κ3) is 40.4. The van der Waals surface area contributed by atoms with Crippen LogP contribution in [0.2, 0.25) is 0 Å². The van der Waals surface area contributed by atoms with Gasteiger partial charge in [-0.25, -0.2) is 0 Å². The van der Waals surface area contributed by atoms with Crippen LogP contribution in [-0.2, 0) is 32.7 Å². The number of carbonyl (C=O) groups excluding carboxylic acids is 2. The third-order valence-corrected chi connectivity index (χ3v) is 10.2. The second-order valence-electron chi connectivity index (χ2n) is 16.1. The summed E-state index contributed by atoms with van der Waals surface area (Å²) >= 11 is 0. The van der Waals surface area contributed by atoms with Crippen LogP contribution < -0.4 is 4.89 Å². The molecule has 0 aromatic carbocycles. The monoisotopic (exact) mass is 840 g/mol. The van der Waals surface area contributed by atoms with E-state index in [0.29, 0.717) is 36.7 Å². The van der Waals surface area contributed by atoms with Gasteiger partial charge in [-0.1, -0.05) is 145 Å². The first kappa shape index (κ1) is 55.6. The van der Waals surface area contributed by atoms with E-state index in [4.69, 9.17) is 18.5 Å². The van der Waals surface area contributed by atoms with Crippen molar-refractivity contribution in [2.75, 3.05) is 47.5 Å². The Balaban J connectivity index is 4.60. The summed E-state index contributed by atoms with van der Waals surface area (Å²) in [5.74, 6) is -1.07. The number of hydrogen-bond donors (Lipinski definition) is 2. The number of aliphatic hydroxyl groups is 2. The molecule has 0 aliphatic heterocycles. The highest BCUT2D eigenvalue weighted by Crippen LogP contribution is 2.38. The summed E-state index contributed by atoms with van der Waals surface area (Å²) in [6.45, 7) is 3.83. The number of esters is 2. The number of phosphoric acid groups is 1. The molecule has 0 bridgehead atoms. The van der Waals surface area contributed by atoms with Gasteiger partial charge in [-0.05, 0) is 57.8 Å². The van der Waals surface area contributed by atoms with Gasteiger partial charge in [-0.15, -0.1) is 0 Å². The van der Waals surface area contributed by atoms with Crippen molar-refractivity contribution in [2.45, 2.75) is 173 Å². The van der Waals surface area contributed by atoms with Gasteiger partial charge in [0.1, 0.15) is 19.8 Å². The molecular weight excluding hydrogens is 757 g/mol. The molecule has 0 heterocycles. The van der Waals surface area contributed by atoms with Crippen molar-refractivity contribution in [1.82, 2.24) is 0 Å². The van der Waals surface area contributed by atoms with Crippen molar-refractivity contribution in [1.29, 1.82) is 0 Å². The van der Waals surface area contributed by atoms with Gasteiger partial charge in [0, 0.05) is 12.8 Å². The van der Waals surface area contributed by atoms with E-state index in [1.807, 2.05) is 51.5 Å². The number of ether oxygens (including phenoxy) is 2. The molecule has 0 saturated carbocycles. The Morgan fingerprint density at radius 1 is 0.638 bits per heavy atom. The molecule has 12 heteroatoms. The molecule has 0 aliphatic carbocycles. The summed E-state index contributed by atoms with van der Waals surface area (Å²) in [4.78, 5) is 37.5. The maximum Gasteiger partial charge on any atom is 0.306 e. The molecule has 0 aliphatic rings. The number of quaternary nitrogens is 1. The summed E-state index contributed by atoms with van der Waals surface area (Å²) < 4.78 is 33.7. The zero-order valence-corrected chi connectivity index (χ0v) is 37.8. The van der Waals surface area contributed by atoms with Crippen molar-refractivity contribution in [3.05, 3.63) is 60.8 Å². The normalized spacial score (nSPS) is 15.2. The van der Waals surface area contributed by atoms with E-state index < -0.39 is 44.7 Å². The Morgan fingerprint density at radius 2 is 1.16 bits per heavy atom. The second kappa shape index (κ2) is 37.6. The van der Waals surface area contributed by atoms with Gasteiger partial charge in [0.25, 0.3) is 7.82 Å². The number of unbranched alkanes of at least 4 members (excludes halogenated alkanes) is 13. The number of carbonyl (C=O) groups is 2. The van der Waals surface area contributed by atoms with Gasteiger partial charge in [-0.3, -0.25) is 14.2 Å². The minimum atomic E-state index is -4.68. The highest BCUT2D eigenvalue weighted by molar-refractivity contribution is 7.45. The average Bonchev–Trinajstić information content (AvgIpc) is 3.16. The molecule has 0 spiro atoms. The SMILES string of the molecule is CCCCCC/C=C\CCCCCCCCCC(=O)O[C@H](COC(=O)CCC[C@@H](O)/C=C/C=C\C/C=C\C=C\[C@@H](O)CCCCC)COP(=O)([O-])OCC[N+](C)(C)C. The minimum Gasteiger partial charge on any atom is -0.756 e. The van der Waals surface area contributed by atoms with Crippen LogP contribution in [0.5, 0.6) is 0 Å². The predicted octanol–water partition coefficient (Wildman–Crippen LogP) is 9.77. The molecular formula is C46H82NO10P. The van der Waals surface area contributed by atoms with Crippen LogP contribution in [0, 0.1) is 0 Å². The number of hydrogen-bond acceptors (Lipinski definition) is 10. The van der Waals surface area contributed by atoms with E-state index in [-0.39, 0.29) is 26.1 Å². The lowest BCUT2D eigenvalue weighted by molar-refractivity contribution is -0.870. The van der Waals surface area contributed by atoms with Gasteiger partial charge >= 0.3 is 11.9 Å². The molecule has 2 N–H and O–H groups in total. The molecule has 336 valence electrons. The lowest BCUT2D eigenvalue weighted by atomic mass is 10.1.